The molecule has 1 N–H and O–H groups in total. The van der Waals surface area contributed by atoms with Gasteiger partial charge in [0.05, 0.1) is 6.04 Å². The molecule has 0 radical (unpaired) electrons. The molecule has 0 fully saturated rings. The molecular formula is C20H26N6O2. The van der Waals surface area contributed by atoms with Gasteiger partial charge in [0, 0.05) is 45.9 Å². The first kappa shape index (κ1) is 19.6. The Labute approximate surface area is 164 Å². The van der Waals surface area contributed by atoms with E-state index < -0.39 is 0 Å². The maximum atomic E-state index is 12.7. The van der Waals surface area contributed by atoms with Gasteiger partial charge in [-0.3, -0.25) is 0 Å². The SMILES string of the molecule is Cc1nc(CCN(C)C(=O)N[C@H](CCn2ccnc2C)c2ccccc2)no1. The highest BCUT2D eigenvalue weighted by Crippen LogP contribution is 2.18. The molecule has 0 spiro atoms. The molecule has 2 amide bonds. The molecule has 0 saturated carbocycles. The van der Waals surface area contributed by atoms with Crippen LogP contribution in [0.25, 0.3) is 0 Å². The van der Waals surface area contributed by atoms with Gasteiger partial charge in [0.1, 0.15) is 5.82 Å². The quantitative estimate of drug-likeness (QED) is 0.647. The molecule has 2 aromatic heterocycles. The topological polar surface area (TPSA) is 89.1 Å². The number of rotatable bonds is 8. The van der Waals surface area contributed by atoms with Crippen molar-refractivity contribution in [2.75, 3.05) is 13.6 Å². The molecule has 1 atom stereocenters. The van der Waals surface area contributed by atoms with Gasteiger partial charge in [0.25, 0.3) is 0 Å². The maximum Gasteiger partial charge on any atom is 0.317 e. The number of imidazole rings is 1. The number of hydrogen-bond acceptors (Lipinski definition) is 5. The van der Waals surface area contributed by atoms with E-state index in [2.05, 4.69) is 25.0 Å². The number of aryl methyl sites for hydroxylation is 3. The smallest absolute Gasteiger partial charge is 0.317 e. The Morgan fingerprint density at radius 2 is 2.07 bits per heavy atom. The number of hydrogen-bond donors (Lipinski definition) is 1. The fourth-order valence-electron chi connectivity index (χ4n) is 2.99. The monoisotopic (exact) mass is 382 g/mol. The van der Waals surface area contributed by atoms with E-state index in [-0.39, 0.29) is 12.1 Å². The molecule has 0 bridgehead atoms. The Bertz CT molecular complexity index is 889. The lowest BCUT2D eigenvalue weighted by molar-refractivity contribution is 0.203. The van der Waals surface area contributed by atoms with Gasteiger partial charge >= 0.3 is 6.03 Å². The zero-order valence-electron chi connectivity index (χ0n) is 16.5. The van der Waals surface area contributed by atoms with Crippen LogP contribution in [0.5, 0.6) is 0 Å². The van der Waals surface area contributed by atoms with Crippen molar-refractivity contribution in [3.8, 4) is 0 Å². The third-order valence-corrected chi connectivity index (χ3v) is 4.67. The largest absolute Gasteiger partial charge is 0.340 e. The molecule has 148 valence electrons. The summed E-state index contributed by atoms with van der Waals surface area (Å²) in [6, 6.07) is 9.79. The van der Waals surface area contributed by atoms with Gasteiger partial charge in [0.15, 0.2) is 5.82 Å². The van der Waals surface area contributed by atoms with Crippen molar-refractivity contribution in [3.05, 3.63) is 65.8 Å². The maximum absolute atomic E-state index is 12.7. The first-order chi connectivity index (χ1) is 13.5. The summed E-state index contributed by atoms with van der Waals surface area (Å²) in [5.74, 6) is 2.10. The summed E-state index contributed by atoms with van der Waals surface area (Å²) in [5, 5.41) is 7.01. The average Bonchev–Trinajstić information content (AvgIpc) is 3.31. The number of nitrogens with zero attached hydrogens (tertiary/aromatic N) is 5. The number of likely N-dealkylation sites (N-methyl/N-ethyl adjacent to an activating group) is 1. The molecule has 0 saturated heterocycles. The molecule has 8 heteroatoms. The van der Waals surface area contributed by atoms with Gasteiger partial charge in [0.2, 0.25) is 5.89 Å². The number of urea groups is 1. The fraction of sp³-hybridized carbons (Fsp3) is 0.400. The highest BCUT2D eigenvalue weighted by Gasteiger charge is 2.18. The van der Waals surface area contributed by atoms with Gasteiger partial charge < -0.3 is 19.3 Å². The van der Waals surface area contributed by atoms with E-state index in [1.165, 1.54) is 0 Å². The van der Waals surface area contributed by atoms with Crippen LogP contribution in [0.1, 0.15) is 35.6 Å². The number of amides is 2. The number of aromatic nitrogens is 4. The Morgan fingerprint density at radius 1 is 1.29 bits per heavy atom. The number of benzene rings is 1. The summed E-state index contributed by atoms with van der Waals surface area (Å²) in [5.41, 5.74) is 1.08. The van der Waals surface area contributed by atoms with Crippen LogP contribution in [0.15, 0.2) is 47.2 Å². The van der Waals surface area contributed by atoms with E-state index in [1.54, 1.807) is 25.1 Å². The lowest BCUT2D eigenvalue weighted by Crippen LogP contribution is -2.40. The van der Waals surface area contributed by atoms with Crippen LogP contribution < -0.4 is 5.32 Å². The number of nitrogens with one attached hydrogen (secondary N) is 1. The van der Waals surface area contributed by atoms with Crippen LogP contribution in [0.2, 0.25) is 0 Å². The second-order valence-electron chi connectivity index (χ2n) is 6.77. The third-order valence-electron chi connectivity index (χ3n) is 4.67. The minimum Gasteiger partial charge on any atom is -0.340 e. The van der Waals surface area contributed by atoms with Crippen molar-refractivity contribution >= 4 is 6.03 Å². The lowest BCUT2D eigenvalue weighted by Gasteiger charge is -2.24. The summed E-state index contributed by atoms with van der Waals surface area (Å²) >= 11 is 0. The Kier molecular flexibility index (Phi) is 6.41. The molecule has 3 aromatic rings. The van der Waals surface area contributed by atoms with Gasteiger partial charge in [-0.05, 0) is 18.9 Å². The molecule has 2 heterocycles. The second kappa shape index (κ2) is 9.16. The predicted molar refractivity (Wildman–Crippen MR) is 105 cm³/mol. The van der Waals surface area contributed by atoms with E-state index in [4.69, 9.17) is 4.52 Å². The van der Waals surface area contributed by atoms with Crippen LogP contribution >= 0.6 is 0 Å². The summed E-state index contributed by atoms with van der Waals surface area (Å²) in [6.45, 7) is 5.01. The van der Waals surface area contributed by atoms with Crippen LogP contribution in [0, 0.1) is 13.8 Å². The highest BCUT2D eigenvalue weighted by molar-refractivity contribution is 5.74. The standard InChI is InChI=1S/C20H26N6O2/c1-15-21-11-14-26(15)13-9-18(17-7-5-4-6-8-17)23-20(27)25(3)12-10-19-22-16(2)28-24-19/h4-8,11,14,18H,9-10,12-13H2,1-3H3,(H,23,27)/t18-/m1/s1. The summed E-state index contributed by atoms with van der Waals surface area (Å²) < 4.78 is 7.06. The first-order valence-corrected chi connectivity index (χ1v) is 9.36. The Balaban J connectivity index is 1.60. The van der Waals surface area contributed by atoms with Crippen LogP contribution in [-0.4, -0.2) is 44.2 Å². The molecule has 0 aliphatic carbocycles. The molecule has 0 aliphatic rings. The summed E-state index contributed by atoms with van der Waals surface area (Å²) in [6.07, 6.45) is 5.06. The zero-order valence-corrected chi connectivity index (χ0v) is 16.5. The average molecular weight is 382 g/mol. The van der Waals surface area contributed by atoms with Crippen molar-refractivity contribution in [2.24, 2.45) is 0 Å². The van der Waals surface area contributed by atoms with Crippen LogP contribution in [0.4, 0.5) is 4.79 Å². The van der Waals surface area contributed by atoms with Crippen molar-refractivity contribution < 1.29 is 9.32 Å². The van der Waals surface area contributed by atoms with Crippen molar-refractivity contribution in [1.29, 1.82) is 0 Å². The Hall–Kier alpha value is -3.16. The van der Waals surface area contributed by atoms with E-state index in [9.17, 15) is 4.79 Å². The van der Waals surface area contributed by atoms with Gasteiger partial charge in [-0.1, -0.05) is 35.5 Å². The van der Waals surface area contributed by atoms with E-state index >= 15 is 0 Å². The number of carbonyl (C=O) groups is 1. The number of carbonyl (C=O) groups excluding carboxylic acids is 1. The Morgan fingerprint density at radius 3 is 2.71 bits per heavy atom. The van der Waals surface area contributed by atoms with Crippen LogP contribution in [0.3, 0.4) is 0 Å². The third kappa shape index (κ3) is 5.18. The van der Waals surface area contributed by atoms with Gasteiger partial charge in [-0.25, -0.2) is 9.78 Å². The highest BCUT2D eigenvalue weighted by atomic mass is 16.5. The van der Waals surface area contributed by atoms with Crippen molar-refractivity contribution in [2.45, 2.75) is 39.3 Å². The van der Waals surface area contributed by atoms with E-state index in [1.807, 2.05) is 43.5 Å². The fourth-order valence-corrected chi connectivity index (χ4v) is 2.99. The molecule has 8 nitrogen and oxygen atoms in total. The molecule has 28 heavy (non-hydrogen) atoms. The van der Waals surface area contributed by atoms with Gasteiger partial charge in [-0.2, -0.15) is 4.98 Å². The van der Waals surface area contributed by atoms with Gasteiger partial charge in [-0.15, -0.1) is 0 Å². The molecule has 0 unspecified atom stereocenters. The minimum absolute atomic E-state index is 0.0923. The summed E-state index contributed by atoms with van der Waals surface area (Å²) in [4.78, 5) is 22.8. The molecule has 1 aromatic carbocycles. The molecular weight excluding hydrogens is 356 g/mol. The van der Waals surface area contributed by atoms with Crippen LogP contribution in [-0.2, 0) is 13.0 Å². The van der Waals surface area contributed by atoms with E-state index in [0.717, 1.165) is 24.4 Å². The minimum atomic E-state index is -0.128. The normalized spacial score (nSPS) is 12.0. The zero-order chi connectivity index (χ0) is 19.9. The van der Waals surface area contributed by atoms with E-state index in [0.29, 0.717) is 24.7 Å². The molecule has 0 aliphatic heterocycles. The summed E-state index contributed by atoms with van der Waals surface area (Å²) in [7, 11) is 1.77. The van der Waals surface area contributed by atoms with Crippen molar-refractivity contribution in [3.63, 3.8) is 0 Å². The molecule has 3 rings (SSSR count). The first-order valence-electron chi connectivity index (χ1n) is 9.36. The second-order valence-corrected chi connectivity index (χ2v) is 6.77. The lowest BCUT2D eigenvalue weighted by atomic mass is 10.0. The predicted octanol–water partition coefficient (Wildman–Crippen LogP) is 2.90. The van der Waals surface area contributed by atoms with Crippen molar-refractivity contribution in [1.82, 2.24) is 29.9 Å².